The Morgan fingerprint density at radius 2 is 2.06 bits per heavy atom. The van der Waals surface area contributed by atoms with Crippen molar-refractivity contribution in [3.8, 4) is 0 Å². The predicted molar refractivity (Wildman–Crippen MR) is 68.3 cm³/mol. The number of aromatic nitrogens is 2. The van der Waals surface area contributed by atoms with E-state index in [0.29, 0.717) is 12.1 Å². The van der Waals surface area contributed by atoms with Crippen molar-refractivity contribution >= 4 is 17.6 Å². The van der Waals surface area contributed by atoms with Crippen LogP contribution in [0.15, 0.2) is 17.4 Å². The Bertz CT molecular complexity index is 400. The summed E-state index contributed by atoms with van der Waals surface area (Å²) in [7, 11) is 0. The number of anilines is 1. The summed E-state index contributed by atoms with van der Waals surface area (Å²) in [5.74, 6) is 1.03. The van der Waals surface area contributed by atoms with Crippen LogP contribution in [0.4, 0.5) is 5.82 Å². The third-order valence-corrected chi connectivity index (χ3v) is 4.34. The Balaban J connectivity index is 1.89. The molecule has 1 aromatic heterocycles. The average molecular weight is 251 g/mol. The number of fused-ring (bicyclic) bond motifs is 2. The summed E-state index contributed by atoms with van der Waals surface area (Å²) in [5, 5.41) is 10.6. The minimum Gasteiger partial charge on any atom is -0.393 e. The predicted octanol–water partition coefficient (Wildman–Crippen LogP) is 1.69. The molecule has 5 heteroatoms. The minimum atomic E-state index is -0.120. The topological polar surface area (TPSA) is 49.2 Å². The maximum atomic E-state index is 9.79. The second-order valence-corrected chi connectivity index (χ2v) is 5.59. The number of rotatable bonds is 2. The lowest BCUT2D eigenvalue weighted by molar-refractivity contribution is 0.126. The van der Waals surface area contributed by atoms with Gasteiger partial charge in [-0.05, 0) is 38.0 Å². The highest BCUT2D eigenvalue weighted by atomic mass is 32.2. The monoisotopic (exact) mass is 251 g/mol. The zero-order chi connectivity index (χ0) is 11.8. The molecule has 0 spiro atoms. The minimum absolute atomic E-state index is 0.120. The second-order valence-electron chi connectivity index (χ2n) is 4.82. The molecule has 2 aliphatic heterocycles. The first-order valence-electron chi connectivity index (χ1n) is 6.11. The molecule has 0 amide bonds. The number of aliphatic hydroxyl groups excluding tert-OH is 1. The van der Waals surface area contributed by atoms with Crippen molar-refractivity contribution in [3.63, 3.8) is 0 Å². The van der Waals surface area contributed by atoms with Gasteiger partial charge in [-0.25, -0.2) is 9.97 Å². The zero-order valence-electron chi connectivity index (χ0n) is 9.91. The Labute approximate surface area is 105 Å². The molecule has 2 atom stereocenters. The Morgan fingerprint density at radius 1 is 1.35 bits per heavy atom. The molecule has 2 aliphatic rings. The first-order chi connectivity index (χ1) is 8.28. The van der Waals surface area contributed by atoms with Gasteiger partial charge in [0.05, 0.1) is 6.10 Å². The van der Waals surface area contributed by atoms with E-state index in [0.717, 1.165) is 23.8 Å². The summed E-state index contributed by atoms with van der Waals surface area (Å²) in [6, 6.07) is 2.92. The molecule has 4 nitrogen and oxygen atoms in total. The molecular formula is C12H17N3OS. The van der Waals surface area contributed by atoms with Crippen LogP contribution in [-0.2, 0) is 0 Å². The van der Waals surface area contributed by atoms with Gasteiger partial charge >= 0.3 is 0 Å². The Morgan fingerprint density at radius 3 is 2.71 bits per heavy atom. The number of nitrogens with zero attached hydrogens (tertiary/aromatic N) is 3. The van der Waals surface area contributed by atoms with E-state index in [-0.39, 0.29) is 6.10 Å². The highest BCUT2D eigenvalue weighted by Crippen LogP contribution is 2.38. The molecule has 0 aromatic carbocycles. The molecule has 17 heavy (non-hydrogen) atoms. The number of hydrogen-bond donors (Lipinski definition) is 1. The number of aliphatic hydroxyl groups is 1. The highest BCUT2D eigenvalue weighted by molar-refractivity contribution is 7.98. The Hall–Kier alpha value is -0.810. The van der Waals surface area contributed by atoms with Crippen LogP contribution in [0.5, 0.6) is 0 Å². The van der Waals surface area contributed by atoms with Gasteiger partial charge in [0, 0.05) is 18.3 Å². The van der Waals surface area contributed by atoms with Crippen molar-refractivity contribution < 1.29 is 5.11 Å². The molecule has 2 saturated heterocycles. The van der Waals surface area contributed by atoms with Crippen molar-refractivity contribution in [3.05, 3.63) is 12.3 Å². The Kier molecular flexibility index (Phi) is 2.96. The quantitative estimate of drug-likeness (QED) is 0.640. The van der Waals surface area contributed by atoms with E-state index >= 15 is 0 Å². The lowest BCUT2D eigenvalue weighted by atomic mass is 10.00. The van der Waals surface area contributed by atoms with Gasteiger partial charge in [-0.15, -0.1) is 0 Å². The van der Waals surface area contributed by atoms with Crippen LogP contribution in [0.3, 0.4) is 0 Å². The molecule has 92 valence electrons. The van der Waals surface area contributed by atoms with Crippen molar-refractivity contribution in [1.82, 2.24) is 9.97 Å². The van der Waals surface area contributed by atoms with Crippen LogP contribution < -0.4 is 4.90 Å². The average Bonchev–Trinajstić information content (AvgIpc) is 2.62. The van der Waals surface area contributed by atoms with Gasteiger partial charge in [-0.2, -0.15) is 0 Å². The van der Waals surface area contributed by atoms with Crippen molar-refractivity contribution in [1.29, 1.82) is 0 Å². The first kappa shape index (κ1) is 11.3. The third kappa shape index (κ3) is 2.02. The van der Waals surface area contributed by atoms with Crippen LogP contribution in [0.25, 0.3) is 0 Å². The molecule has 2 fully saturated rings. The third-order valence-electron chi connectivity index (χ3n) is 3.77. The molecule has 0 saturated carbocycles. The summed E-state index contributed by atoms with van der Waals surface area (Å²) in [6.07, 6.45) is 7.84. The normalized spacial score (nSPS) is 31.9. The van der Waals surface area contributed by atoms with Crippen LogP contribution in [0.2, 0.25) is 0 Å². The largest absolute Gasteiger partial charge is 0.393 e. The lowest BCUT2D eigenvalue weighted by Crippen LogP contribution is -2.45. The van der Waals surface area contributed by atoms with Crippen LogP contribution >= 0.6 is 11.8 Å². The van der Waals surface area contributed by atoms with Gasteiger partial charge in [-0.3, -0.25) is 0 Å². The fourth-order valence-electron chi connectivity index (χ4n) is 3.10. The lowest BCUT2D eigenvalue weighted by Gasteiger charge is -2.38. The summed E-state index contributed by atoms with van der Waals surface area (Å²) < 4.78 is 0. The van der Waals surface area contributed by atoms with Gasteiger partial charge < -0.3 is 10.0 Å². The molecule has 1 aromatic rings. The molecule has 1 N–H and O–H groups in total. The second kappa shape index (κ2) is 4.46. The van der Waals surface area contributed by atoms with E-state index in [4.69, 9.17) is 0 Å². The van der Waals surface area contributed by atoms with E-state index in [1.54, 1.807) is 11.8 Å². The van der Waals surface area contributed by atoms with Crippen molar-refractivity contribution in [2.75, 3.05) is 11.2 Å². The smallest absolute Gasteiger partial charge is 0.189 e. The molecule has 3 heterocycles. The summed E-state index contributed by atoms with van der Waals surface area (Å²) in [6.45, 7) is 0. The molecule has 2 bridgehead atoms. The highest BCUT2D eigenvalue weighted by Gasteiger charge is 2.40. The summed E-state index contributed by atoms with van der Waals surface area (Å²) >= 11 is 1.57. The van der Waals surface area contributed by atoms with Crippen LogP contribution in [0, 0.1) is 0 Å². The van der Waals surface area contributed by atoms with Crippen molar-refractivity contribution in [2.24, 2.45) is 0 Å². The van der Waals surface area contributed by atoms with E-state index in [1.807, 2.05) is 18.5 Å². The van der Waals surface area contributed by atoms with Crippen molar-refractivity contribution in [2.45, 2.75) is 49.0 Å². The maximum Gasteiger partial charge on any atom is 0.189 e. The number of hydrogen-bond acceptors (Lipinski definition) is 5. The summed E-state index contributed by atoms with van der Waals surface area (Å²) in [5.41, 5.74) is 0. The van der Waals surface area contributed by atoms with E-state index < -0.39 is 0 Å². The van der Waals surface area contributed by atoms with E-state index in [1.165, 1.54) is 12.8 Å². The summed E-state index contributed by atoms with van der Waals surface area (Å²) in [4.78, 5) is 11.2. The fraction of sp³-hybridized carbons (Fsp3) is 0.667. The van der Waals surface area contributed by atoms with Gasteiger partial charge in [-0.1, -0.05) is 11.8 Å². The zero-order valence-corrected chi connectivity index (χ0v) is 10.7. The van der Waals surface area contributed by atoms with Gasteiger partial charge in [0.2, 0.25) is 0 Å². The fourth-order valence-corrected chi connectivity index (χ4v) is 3.45. The first-order valence-corrected chi connectivity index (χ1v) is 7.34. The molecular weight excluding hydrogens is 234 g/mol. The maximum absolute atomic E-state index is 9.79. The molecule has 0 radical (unpaired) electrons. The molecule has 3 rings (SSSR count). The van der Waals surface area contributed by atoms with Gasteiger partial charge in [0.25, 0.3) is 0 Å². The number of thioether (sulfide) groups is 1. The van der Waals surface area contributed by atoms with E-state index in [2.05, 4.69) is 14.9 Å². The van der Waals surface area contributed by atoms with Crippen LogP contribution in [-0.4, -0.2) is 39.5 Å². The van der Waals surface area contributed by atoms with Gasteiger partial charge in [0.15, 0.2) is 5.16 Å². The molecule has 2 unspecified atom stereocenters. The molecule has 0 aliphatic carbocycles. The number of piperidine rings is 1. The standard InChI is InChI=1S/C12H17N3OS/c1-17-12-13-5-4-11(14-12)15-8-2-3-9(15)7-10(16)6-8/h4-5,8-10,16H,2-3,6-7H2,1H3. The van der Waals surface area contributed by atoms with E-state index in [9.17, 15) is 5.11 Å². The van der Waals surface area contributed by atoms with Gasteiger partial charge in [0.1, 0.15) is 5.82 Å². The SMILES string of the molecule is CSc1nccc(N2C3CCC2CC(O)C3)n1. The van der Waals surface area contributed by atoms with Crippen LogP contribution in [0.1, 0.15) is 25.7 Å².